The first-order chi connectivity index (χ1) is 8.79. The normalized spacial score (nSPS) is 14.8. The van der Waals surface area contributed by atoms with Gasteiger partial charge in [0.05, 0.1) is 23.0 Å². The molecule has 1 aliphatic rings. The molecular formula is C13H12ClN3O. The third-order valence-corrected chi connectivity index (χ3v) is 3.30. The van der Waals surface area contributed by atoms with E-state index >= 15 is 0 Å². The second-order valence-corrected chi connectivity index (χ2v) is 4.76. The van der Waals surface area contributed by atoms with Crippen LogP contribution >= 0.6 is 11.6 Å². The topological polar surface area (TPSA) is 58.9 Å². The minimum absolute atomic E-state index is 0.134. The molecule has 18 heavy (non-hydrogen) atoms. The van der Waals surface area contributed by atoms with Gasteiger partial charge >= 0.3 is 0 Å². The lowest BCUT2D eigenvalue weighted by Crippen LogP contribution is -2.02. The van der Waals surface area contributed by atoms with Gasteiger partial charge < -0.3 is 5.11 Å². The molecule has 2 heterocycles. The molecule has 3 rings (SSSR count). The van der Waals surface area contributed by atoms with Crippen molar-refractivity contribution in [2.75, 3.05) is 0 Å². The van der Waals surface area contributed by atoms with Gasteiger partial charge in [0.1, 0.15) is 5.82 Å². The third kappa shape index (κ3) is 2.09. The Bertz CT molecular complexity index is 584. The zero-order valence-electron chi connectivity index (χ0n) is 9.67. The molecule has 92 valence electrons. The summed E-state index contributed by atoms with van der Waals surface area (Å²) in [4.78, 5) is 13.0. The molecule has 0 radical (unpaired) electrons. The second-order valence-electron chi connectivity index (χ2n) is 4.35. The lowest BCUT2D eigenvalue weighted by atomic mass is 10.1. The monoisotopic (exact) mass is 261 g/mol. The van der Waals surface area contributed by atoms with Crippen molar-refractivity contribution in [1.82, 2.24) is 15.0 Å². The molecule has 1 N–H and O–H groups in total. The van der Waals surface area contributed by atoms with Crippen molar-refractivity contribution in [3.63, 3.8) is 0 Å². The minimum Gasteiger partial charge on any atom is -0.390 e. The third-order valence-electron chi connectivity index (χ3n) is 2.99. The van der Waals surface area contributed by atoms with E-state index < -0.39 is 0 Å². The van der Waals surface area contributed by atoms with Gasteiger partial charge in [-0.05, 0) is 25.0 Å². The molecule has 1 saturated carbocycles. The molecule has 2 aromatic heterocycles. The van der Waals surface area contributed by atoms with Gasteiger partial charge in [0.25, 0.3) is 0 Å². The number of rotatable bonds is 3. The van der Waals surface area contributed by atoms with E-state index in [4.69, 9.17) is 11.6 Å². The van der Waals surface area contributed by atoms with Crippen LogP contribution in [0.2, 0.25) is 5.02 Å². The van der Waals surface area contributed by atoms with E-state index in [1.807, 2.05) is 0 Å². The van der Waals surface area contributed by atoms with Crippen LogP contribution in [0.15, 0.2) is 24.5 Å². The fraction of sp³-hybridized carbons (Fsp3) is 0.308. The maximum absolute atomic E-state index is 9.44. The summed E-state index contributed by atoms with van der Waals surface area (Å²) in [6.45, 7) is -0.134. The van der Waals surface area contributed by atoms with E-state index in [-0.39, 0.29) is 6.61 Å². The molecule has 0 spiro atoms. The molecule has 2 aromatic rings. The second kappa shape index (κ2) is 4.63. The number of hydrogen-bond acceptors (Lipinski definition) is 4. The van der Waals surface area contributed by atoms with E-state index in [1.54, 1.807) is 24.5 Å². The lowest BCUT2D eigenvalue weighted by molar-refractivity contribution is 0.276. The molecule has 0 aromatic carbocycles. The first-order valence-electron chi connectivity index (χ1n) is 5.87. The van der Waals surface area contributed by atoms with Crippen LogP contribution in [0.25, 0.3) is 11.3 Å². The number of aliphatic hydroxyl groups excluding tert-OH is 1. The van der Waals surface area contributed by atoms with Crippen LogP contribution in [0.3, 0.4) is 0 Å². The standard InChI is InChI=1S/C13H12ClN3O/c14-10-2-1-5-15-12(10)9-6-16-13(8-3-4-8)17-11(9)7-18/h1-2,5-6,8,18H,3-4,7H2. The lowest BCUT2D eigenvalue weighted by Gasteiger charge is -2.08. The largest absolute Gasteiger partial charge is 0.390 e. The van der Waals surface area contributed by atoms with Crippen LogP contribution in [-0.4, -0.2) is 20.1 Å². The van der Waals surface area contributed by atoms with Gasteiger partial charge in [-0.1, -0.05) is 11.6 Å². The molecule has 1 fully saturated rings. The van der Waals surface area contributed by atoms with Crippen LogP contribution in [0, 0.1) is 0 Å². The van der Waals surface area contributed by atoms with Crippen molar-refractivity contribution in [3.8, 4) is 11.3 Å². The van der Waals surface area contributed by atoms with Crippen molar-refractivity contribution in [1.29, 1.82) is 0 Å². The highest BCUT2D eigenvalue weighted by molar-refractivity contribution is 6.33. The van der Waals surface area contributed by atoms with Crippen molar-refractivity contribution in [2.45, 2.75) is 25.4 Å². The van der Waals surface area contributed by atoms with Gasteiger partial charge in [0.2, 0.25) is 0 Å². The average Bonchev–Trinajstić information content (AvgIpc) is 3.23. The summed E-state index contributed by atoms with van der Waals surface area (Å²) < 4.78 is 0. The van der Waals surface area contributed by atoms with Crippen LogP contribution in [0.5, 0.6) is 0 Å². The Balaban J connectivity index is 2.08. The van der Waals surface area contributed by atoms with E-state index in [0.29, 0.717) is 27.9 Å². The van der Waals surface area contributed by atoms with Crippen LogP contribution in [0.4, 0.5) is 0 Å². The van der Waals surface area contributed by atoms with Gasteiger partial charge in [-0.15, -0.1) is 0 Å². The maximum Gasteiger partial charge on any atom is 0.131 e. The Morgan fingerprint density at radius 1 is 1.33 bits per heavy atom. The quantitative estimate of drug-likeness (QED) is 0.923. The zero-order chi connectivity index (χ0) is 12.5. The molecule has 0 aliphatic heterocycles. The fourth-order valence-electron chi connectivity index (χ4n) is 1.87. The zero-order valence-corrected chi connectivity index (χ0v) is 10.4. The van der Waals surface area contributed by atoms with Crippen molar-refractivity contribution < 1.29 is 5.11 Å². The number of aliphatic hydroxyl groups is 1. The smallest absolute Gasteiger partial charge is 0.131 e. The van der Waals surface area contributed by atoms with Crippen LogP contribution in [-0.2, 0) is 6.61 Å². The number of hydrogen-bond donors (Lipinski definition) is 1. The highest BCUT2D eigenvalue weighted by Crippen LogP contribution is 2.38. The summed E-state index contributed by atoms with van der Waals surface area (Å²) in [6, 6.07) is 3.53. The Morgan fingerprint density at radius 2 is 2.17 bits per heavy atom. The highest BCUT2D eigenvalue weighted by Gasteiger charge is 2.27. The summed E-state index contributed by atoms with van der Waals surface area (Å²) in [6.07, 6.45) is 5.64. The molecular weight excluding hydrogens is 250 g/mol. The molecule has 0 saturated heterocycles. The predicted octanol–water partition coefficient (Wildman–Crippen LogP) is 2.56. The van der Waals surface area contributed by atoms with E-state index in [1.165, 1.54) is 0 Å². The maximum atomic E-state index is 9.44. The van der Waals surface area contributed by atoms with E-state index in [9.17, 15) is 5.11 Å². The minimum atomic E-state index is -0.134. The summed E-state index contributed by atoms with van der Waals surface area (Å²) >= 11 is 6.10. The first kappa shape index (κ1) is 11.6. The van der Waals surface area contributed by atoms with Crippen LogP contribution in [0.1, 0.15) is 30.3 Å². The Labute approximate surface area is 110 Å². The summed E-state index contributed by atoms with van der Waals surface area (Å²) in [5.41, 5.74) is 1.91. The Kier molecular flexibility index (Phi) is 2.97. The average molecular weight is 262 g/mol. The molecule has 0 atom stereocenters. The molecule has 0 amide bonds. The summed E-state index contributed by atoms with van der Waals surface area (Å²) in [5.74, 6) is 1.28. The van der Waals surface area contributed by atoms with E-state index in [2.05, 4.69) is 15.0 Å². The predicted molar refractivity (Wildman–Crippen MR) is 68.2 cm³/mol. The number of halogens is 1. The van der Waals surface area contributed by atoms with Crippen molar-refractivity contribution in [2.24, 2.45) is 0 Å². The number of aromatic nitrogens is 3. The molecule has 0 unspecified atom stereocenters. The summed E-state index contributed by atoms with van der Waals surface area (Å²) in [7, 11) is 0. The van der Waals surface area contributed by atoms with E-state index in [0.717, 1.165) is 18.7 Å². The fourth-order valence-corrected chi connectivity index (χ4v) is 2.10. The molecule has 1 aliphatic carbocycles. The van der Waals surface area contributed by atoms with Crippen molar-refractivity contribution >= 4 is 11.6 Å². The van der Waals surface area contributed by atoms with Crippen LogP contribution < -0.4 is 0 Å². The highest BCUT2D eigenvalue weighted by atomic mass is 35.5. The van der Waals surface area contributed by atoms with Gasteiger partial charge in [0.15, 0.2) is 0 Å². The Hall–Kier alpha value is -1.52. The van der Waals surface area contributed by atoms with Gasteiger partial charge in [-0.2, -0.15) is 0 Å². The molecule has 5 heteroatoms. The number of nitrogens with zero attached hydrogens (tertiary/aromatic N) is 3. The summed E-state index contributed by atoms with van der Waals surface area (Å²) in [5, 5.41) is 9.97. The molecule has 0 bridgehead atoms. The van der Waals surface area contributed by atoms with Crippen molar-refractivity contribution in [3.05, 3.63) is 41.1 Å². The molecule has 4 nitrogen and oxygen atoms in total. The number of pyridine rings is 1. The van der Waals surface area contributed by atoms with Gasteiger partial charge in [-0.3, -0.25) is 4.98 Å². The first-order valence-corrected chi connectivity index (χ1v) is 6.25. The van der Waals surface area contributed by atoms with Gasteiger partial charge in [-0.25, -0.2) is 9.97 Å². The SMILES string of the molecule is OCc1nc(C2CC2)ncc1-c1ncccc1Cl. The van der Waals surface area contributed by atoms with Gasteiger partial charge in [0, 0.05) is 23.9 Å². The Morgan fingerprint density at radius 3 is 2.83 bits per heavy atom.